The number of fused-ring (bicyclic) bond motifs is 3. The van der Waals surface area contributed by atoms with Gasteiger partial charge in [0.2, 0.25) is 29.3 Å². The van der Waals surface area contributed by atoms with Crippen LogP contribution in [0.25, 0.3) is 22.2 Å². The number of halogens is 3. The zero-order valence-electron chi connectivity index (χ0n) is 59.2. The van der Waals surface area contributed by atoms with Gasteiger partial charge in [-0.3, -0.25) is 42.1 Å². The van der Waals surface area contributed by atoms with Gasteiger partial charge in [0.25, 0.3) is 23.4 Å². The summed E-state index contributed by atoms with van der Waals surface area (Å²) in [5.74, 6) is 0.913. The Morgan fingerprint density at radius 3 is 1.63 bits per heavy atom. The van der Waals surface area contributed by atoms with Gasteiger partial charge >= 0.3 is 17.9 Å². The van der Waals surface area contributed by atoms with Gasteiger partial charge in [-0.1, -0.05) is 43.4 Å². The number of nitrogens with one attached hydrogen (secondary N) is 4. The Bertz CT molecular complexity index is 4220. The lowest BCUT2D eigenvalue weighted by Gasteiger charge is -2.22. The Balaban J connectivity index is 0.000000594. The predicted octanol–water partition coefficient (Wildman–Crippen LogP) is 7.69. The second-order valence-electron chi connectivity index (χ2n) is 21.4. The van der Waals surface area contributed by atoms with Gasteiger partial charge < -0.3 is 90.6 Å². The second-order valence-corrected chi connectivity index (χ2v) is 23.7. The Labute approximate surface area is 627 Å². The van der Waals surface area contributed by atoms with Crippen molar-refractivity contribution in [1.82, 2.24) is 76.1 Å². The molecule has 0 saturated carbocycles. The number of H-pyrrole nitrogens is 4. The van der Waals surface area contributed by atoms with E-state index in [1.807, 2.05) is 61.5 Å². The number of primary amides is 2. The highest BCUT2D eigenvalue weighted by Gasteiger charge is 2.27. The van der Waals surface area contributed by atoms with Crippen molar-refractivity contribution in [1.29, 1.82) is 15.8 Å². The number of nitriles is 3. The van der Waals surface area contributed by atoms with Crippen LogP contribution in [0, 0.1) is 50.7 Å². The summed E-state index contributed by atoms with van der Waals surface area (Å²) in [6.45, 7) is 29.6. The third-order valence-corrected chi connectivity index (χ3v) is 13.3. The monoisotopic (exact) mass is 1660 g/mol. The van der Waals surface area contributed by atoms with E-state index in [0.717, 1.165) is 3.93 Å². The first-order valence-electron chi connectivity index (χ1n) is 31.0. The lowest BCUT2D eigenvalue weighted by atomic mass is 10.2. The van der Waals surface area contributed by atoms with Crippen LogP contribution in [-0.4, -0.2) is 184 Å². The molecule has 4 amide bonds. The molecule has 10 heterocycles. The van der Waals surface area contributed by atoms with Crippen LogP contribution in [0.2, 0.25) is 0 Å². The number of anilines is 2. The average Bonchev–Trinajstić information content (AvgIpc) is 1.64. The summed E-state index contributed by atoms with van der Waals surface area (Å²) < 4.78 is 44.7. The molecule has 0 spiro atoms. The van der Waals surface area contributed by atoms with Crippen molar-refractivity contribution < 1.29 is 66.8 Å². The molecule has 1 aliphatic heterocycles. The molecule has 0 bridgehead atoms. The Hall–Kier alpha value is -11.3. The van der Waals surface area contributed by atoms with Crippen LogP contribution in [-0.2, 0) is 58.9 Å². The molecule has 10 rings (SSSR count). The van der Waals surface area contributed by atoms with E-state index in [-0.39, 0.29) is 57.7 Å². The first kappa shape index (κ1) is 91.7. The summed E-state index contributed by atoms with van der Waals surface area (Å²) in [6.07, 6.45) is 26.0. The van der Waals surface area contributed by atoms with E-state index in [1.165, 1.54) is 63.1 Å². The maximum atomic E-state index is 11.8. The molecule has 0 aliphatic carbocycles. The molecule has 2 unspecified atom stereocenters. The van der Waals surface area contributed by atoms with Crippen molar-refractivity contribution in [2.24, 2.45) is 11.5 Å². The third-order valence-electron chi connectivity index (χ3n) is 11.4. The fraction of sp³-hybridized carbons (Fsp3) is 0.419. The molecule has 1 fully saturated rings. The lowest BCUT2D eigenvalue weighted by Crippen LogP contribution is -2.29. The summed E-state index contributed by atoms with van der Waals surface area (Å²) in [6, 6.07) is 5.28. The van der Waals surface area contributed by atoms with Crippen LogP contribution in [0.5, 0.6) is 0 Å². The van der Waals surface area contributed by atoms with Crippen molar-refractivity contribution >= 4 is 125 Å². The summed E-state index contributed by atoms with van der Waals surface area (Å²) in [5.41, 5.74) is 20.8. The van der Waals surface area contributed by atoms with Crippen molar-refractivity contribution in [3.05, 3.63) is 138 Å². The fourth-order valence-corrected chi connectivity index (χ4v) is 8.12. The number of carbonyl (C=O) groups is 6. The SMILES string of the molecule is CC(C)(C)OC(=O)CBr.CC(C)(C)OC(=O)Cn1cc(C(N)=O)n2ccnc12.CCO/C=C/C#N.CCOC(OCC)C(Br)C#N.CCOC(OCC)C(C#N)n1ccnc1N.NC(=O)c1cnc2[nH]ccn12.Nc1ncc[nH]1.O=C1CCC(=O)N1Br.O=[N+]([O-])c1ncc[nH]1.[C-]#[N+]c1cnc2[nH]ccn12. The van der Waals surface area contributed by atoms with E-state index < -0.39 is 46.9 Å². The number of nitrogens with zero attached hydrogens (tertiary/aromatic N) is 17. The molecular weight excluding hydrogens is 1570 g/mol. The summed E-state index contributed by atoms with van der Waals surface area (Å²) in [7, 11) is 0. The van der Waals surface area contributed by atoms with E-state index in [9.17, 15) is 38.9 Å². The smallest absolute Gasteiger partial charge is 0.432 e. The highest BCUT2D eigenvalue weighted by atomic mass is 79.9. The van der Waals surface area contributed by atoms with Crippen molar-refractivity contribution in [3.8, 4) is 18.2 Å². The number of aromatic nitrogens is 15. The van der Waals surface area contributed by atoms with Gasteiger partial charge in [-0.15, -0.1) is 0 Å². The summed E-state index contributed by atoms with van der Waals surface area (Å²) >= 11 is 8.93. The van der Waals surface area contributed by atoms with Gasteiger partial charge in [-0.05, 0) is 81.1 Å². The number of nitrogens with two attached hydrogens (primary N) is 4. The number of allylic oxidation sites excluding steroid dienone is 1. The number of rotatable bonds is 19. The fourth-order valence-electron chi connectivity index (χ4n) is 7.34. The second kappa shape index (κ2) is 49.3. The number of hydrogen-bond donors (Lipinski definition) is 8. The topological polar surface area (TPSA) is 557 Å². The standard InChI is InChI=1S/C12H16N4O3.C10H16N4O2.C7H12BrNO2.C6H11BrO2.C6H6N4O.C6H4N4.C5H7NO.C4H4BrNO2.C3H3N3O2.C3H5N3/c1-12(2,3)19-9(17)7-15-6-8(10(13)18)16-5-4-14-11(15)16;1-3-15-9(16-4-2)8(7-11)14-6-5-13-10(14)12;1-3-10-7(11-4-2)6(8)5-9;1-6(2,3)9-5(8)4-7;7-5(11)4-3-9-6-8-1-2-10(4)6;1-7-5-4-9-6-8-2-3-10(5)6;1-2-7-5-3-4-6;5-6-3(7)1-2-4(6)8;7-6(8)3-4-1-2-5-3;4-3-5-1-2-6-3/h4-6H,7H2,1-3H3,(H2,13,18);5-6,8-9H,3-4H2,1-2H3,(H2,12,13);6-7H,3-4H2,1-2H3;4H2,1-3H3;1-3H,(H2,7,11)(H,8,9);2-4H,(H,8,9);3,5H,2H2,1H3;1-2H2;1-2H,(H,4,5);1-2H,(H3,4,5,6)/b;;;;;;5-3+;;;. The number of nitrogen functional groups attached to an aromatic ring is 2. The number of alkyl halides is 2. The molecule has 9 aromatic heterocycles. The van der Waals surface area contributed by atoms with Crippen LogP contribution in [0.4, 0.5) is 23.7 Å². The number of imidazole rings is 9. The number of esters is 2. The molecular formula is C62H84Br3N25O15. The van der Waals surface area contributed by atoms with Crippen molar-refractivity contribution in [3.63, 3.8) is 0 Å². The molecule has 2 atom stereocenters. The van der Waals surface area contributed by atoms with Crippen LogP contribution in [0.1, 0.15) is 116 Å². The molecule has 568 valence electrons. The minimum atomic E-state index is -0.628. The molecule has 1 saturated heterocycles. The first-order valence-corrected chi connectivity index (χ1v) is 33.8. The van der Waals surface area contributed by atoms with Crippen molar-refractivity contribution in [2.45, 2.75) is 130 Å². The molecule has 40 nitrogen and oxygen atoms in total. The number of ether oxygens (including phenoxy) is 7. The maximum Gasteiger partial charge on any atom is 0.432 e. The van der Waals surface area contributed by atoms with Crippen LogP contribution < -0.4 is 22.9 Å². The lowest BCUT2D eigenvalue weighted by molar-refractivity contribution is -0.393. The highest BCUT2D eigenvalue weighted by molar-refractivity contribution is 9.09. The van der Waals surface area contributed by atoms with Crippen LogP contribution in [0.3, 0.4) is 0 Å². The van der Waals surface area contributed by atoms with E-state index in [1.54, 1.807) is 91.4 Å². The molecule has 0 radical (unpaired) electrons. The zero-order chi connectivity index (χ0) is 79.2. The first-order chi connectivity index (χ1) is 49.8. The van der Waals surface area contributed by atoms with E-state index in [0.29, 0.717) is 80.7 Å². The average molecular weight is 1660 g/mol. The summed E-state index contributed by atoms with van der Waals surface area (Å²) in [4.78, 5) is 111. The Morgan fingerprint density at radius 2 is 1.23 bits per heavy atom. The molecule has 9 aromatic rings. The minimum Gasteiger partial charge on any atom is -0.501 e. The molecule has 12 N–H and O–H groups in total. The normalized spacial score (nSPS) is 11.7. The van der Waals surface area contributed by atoms with Gasteiger partial charge in [0.05, 0.1) is 78.1 Å². The Morgan fingerprint density at radius 1 is 0.695 bits per heavy atom. The summed E-state index contributed by atoms with van der Waals surface area (Å²) in [5, 5.41) is 35.6. The molecule has 1 aliphatic rings. The molecule has 0 aromatic carbocycles. The quantitative estimate of drug-likeness (QED) is 0.00367. The Kier molecular flexibility index (Phi) is 43.1. The third kappa shape index (κ3) is 34.9. The van der Waals surface area contributed by atoms with E-state index >= 15 is 0 Å². The van der Waals surface area contributed by atoms with Gasteiger partial charge in [-0.25, -0.2) is 38.2 Å². The highest BCUT2D eigenvalue weighted by Crippen LogP contribution is 2.20. The number of nitro groups is 1. The van der Waals surface area contributed by atoms with E-state index in [4.69, 9.17) is 73.7 Å². The molecule has 105 heavy (non-hydrogen) atoms. The van der Waals surface area contributed by atoms with E-state index in [2.05, 4.69) is 113 Å². The van der Waals surface area contributed by atoms with Crippen LogP contribution >= 0.6 is 48.0 Å². The van der Waals surface area contributed by atoms with Crippen molar-refractivity contribution in [2.75, 3.05) is 49.8 Å². The predicted molar refractivity (Wildman–Crippen MR) is 389 cm³/mol. The minimum absolute atomic E-state index is 0.0228. The van der Waals surface area contributed by atoms with Gasteiger partial charge in [0, 0.05) is 101 Å². The number of imide groups is 1. The number of carbonyl (C=O) groups excluding carboxylic acids is 6. The van der Waals surface area contributed by atoms with Gasteiger partial charge in [-0.2, -0.15) is 15.8 Å². The number of amides is 4. The zero-order valence-corrected chi connectivity index (χ0v) is 63.9. The maximum absolute atomic E-state index is 11.8. The molecule has 43 heteroatoms. The van der Waals surface area contributed by atoms with Crippen LogP contribution in [0.15, 0.2) is 105 Å². The number of aromatic amines is 4. The van der Waals surface area contributed by atoms with Gasteiger partial charge in [0.1, 0.15) is 40.7 Å². The van der Waals surface area contributed by atoms with Gasteiger partial charge in [0.15, 0.2) is 29.4 Å². The largest absolute Gasteiger partial charge is 0.501 e. The number of hydrogen-bond acceptors (Lipinski definition) is 26.